The number of hydrogen-bond acceptors (Lipinski definition) is 3. The highest BCUT2D eigenvalue weighted by Gasteiger charge is 2.31. The van der Waals surface area contributed by atoms with Crippen LogP contribution in [0.1, 0.15) is 56.0 Å². The zero-order valence-electron chi connectivity index (χ0n) is 13.0. The predicted octanol–water partition coefficient (Wildman–Crippen LogP) is 1.99. The molecule has 1 fully saturated rings. The summed E-state index contributed by atoms with van der Waals surface area (Å²) in [4.78, 5) is 12.2. The average molecular weight is 291 g/mol. The van der Waals surface area contributed by atoms with Crippen molar-refractivity contribution in [3.8, 4) is 0 Å². The van der Waals surface area contributed by atoms with Crippen molar-refractivity contribution in [3.05, 3.63) is 35.4 Å². The van der Waals surface area contributed by atoms with E-state index in [1.54, 1.807) is 0 Å². The van der Waals surface area contributed by atoms with Gasteiger partial charge in [0.25, 0.3) is 5.91 Å². The maximum atomic E-state index is 12.2. The lowest BCUT2D eigenvalue weighted by Gasteiger charge is -2.32. The first kappa shape index (κ1) is 16.0. The number of carbonyl (C=O) groups excluding carboxylic acids is 1. The molecule has 0 aromatic heterocycles. The van der Waals surface area contributed by atoms with Crippen molar-refractivity contribution in [3.63, 3.8) is 0 Å². The Bertz CT molecular complexity index is 490. The van der Waals surface area contributed by atoms with Crippen molar-refractivity contribution >= 4 is 5.91 Å². The van der Waals surface area contributed by atoms with Crippen LogP contribution < -0.4 is 5.32 Å². The molecule has 1 aromatic rings. The highest BCUT2D eigenvalue weighted by Crippen LogP contribution is 2.23. The van der Waals surface area contributed by atoms with E-state index in [2.05, 4.69) is 26.1 Å². The van der Waals surface area contributed by atoms with Gasteiger partial charge >= 0.3 is 0 Å². The molecule has 0 bridgehead atoms. The zero-order valence-corrected chi connectivity index (χ0v) is 13.0. The van der Waals surface area contributed by atoms with Crippen LogP contribution in [0.4, 0.5) is 0 Å². The molecule has 0 heterocycles. The van der Waals surface area contributed by atoms with Crippen molar-refractivity contribution in [1.29, 1.82) is 0 Å². The molecule has 0 radical (unpaired) electrons. The molecule has 1 amide bonds. The van der Waals surface area contributed by atoms with Crippen LogP contribution >= 0.6 is 0 Å². The van der Waals surface area contributed by atoms with Crippen LogP contribution in [-0.2, 0) is 5.41 Å². The summed E-state index contributed by atoms with van der Waals surface area (Å²) in [6.45, 7) is 6.38. The summed E-state index contributed by atoms with van der Waals surface area (Å²) in [6, 6.07) is 7.16. The first-order chi connectivity index (χ1) is 9.79. The van der Waals surface area contributed by atoms with Gasteiger partial charge in [-0.2, -0.15) is 0 Å². The maximum absolute atomic E-state index is 12.2. The van der Waals surface area contributed by atoms with E-state index in [0.717, 1.165) is 6.42 Å². The molecule has 4 heteroatoms. The van der Waals surface area contributed by atoms with E-state index in [1.807, 2.05) is 24.3 Å². The lowest BCUT2D eigenvalue weighted by Crippen LogP contribution is -2.51. The van der Waals surface area contributed by atoms with E-state index in [0.29, 0.717) is 18.4 Å². The second-order valence-electron chi connectivity index (χ2n) is 6.90. The van der Waals surface area contributed by atoms with Crippen LogP contribution in [-0.4, -0.2) is 34.4 Å². The van der Waals surface area contributed by atoms with Crippen molar-refractivity contribution in [2.45, 2.75) is 63.7 Å². The number of aliphatic hydroxyl groups excluding tert-OH is 2. The van der Waals surface area contributed by atoms with Gasteiger partial charge in [-0.15, -0.1) is 0 Å². The quantitative estimate of drug-likeness (QED) is 0.780. The number of benzene rings is 1. The highest BCUT2D eigenvalue weighted by molar-refractivity contribution is 5.94. The monoisotopic (exact) mass is 291 g/mol. The Morgan fingerprint density at radius 3 is 2.33 bits per heavy atom. The molecule has 1 aliphatic rings. The Labute approximate surface area is 126 Å². The van der Waals surface area contributed by atoms with E-state index < -0.39 is 12.2 Å². The summed E-state index contributed by atoms with van der Waals surface area (Å²) in [5.74, 6) is -0.200. The number of hydrogen-bond donors (Lipinski definition) is 3. The number of carbonyl (C=O) groups is 1. The van der Waals surface area contributed by atoms with Gasteiger partial charge in [-0.05, 0) is 42.4 Å². The van der Waals surface area contributed by atoms with Crippen molar-refractivity contribution in [2.24, 2.45) is 0 Å². The minimum atomic E-state index is -0.878. The van der Waals surface area contributed by atoms with Gasteiger partial charge in [-0.25, -0.2) is 0 Å². The SMILES string of the molecule is CC(C)(C)c1ccc(C(=O)N[C@@H]2CCC[C@@H](O)[C@@H]2O)cc1. The second kappa shape index (κ2) is 6.16. The van der Waals surface area contributed by atoms with Gasteiger partial charge in [0.1, 0.15) is 0 Å². The topological polar surface area (TPSA) is 69.6 Å². The fourth-order valence-electron chi connectivity index (χ4n) is 2.69. The average Bonchev–Trinajstić information content (AvgIpc) is 2.43. The van der Waals surface area contributed by atoms with Crippen LogP contribution in [0, 0.1) is 0 Å². The fourth-order valence-corrected chi connectivity index (χ4v) is 2.69. The molecule has 21 heavy (non-hydrogen) atoms. The summed E-state index contributed by atoms with van der Waals surface area (Å²) in [5, 5.41) is 22.4. The van der Waals surface area contributed by atoms with Crippen LogP contribution in [0.3, 0.4) is 0 Å². The molecule has 3 atom stereocenters. The van der Waals surface area contributed by atoms with E-state index in [9.17, 15) is 15.0 Å². The Hall–Kier alpha value is -1.39. The Morgan fingerprint density at radius 2 is 1.76 bits per heavy atom. The zero-order chi connectivity index (χ0) is 15.6. The van der Waals surface area contributed by atoms with Gasteiger partial charge in [0.15, 0.2) is 0 Å². The Kier molecular flexibility index (Phi) is 4.69. The molecule has 0 saturated heterocycles. The molecular weight excluding hydrogens is 266 g/mol. The normalized spacial score (nSPS) is 26.4. The highest BCUT2D eigenvalue weighted by atomic mass is 16.3. The third-order valence-corrected chi connectivity index (χ3v) is 4.15. The maximum Gasteiger partial charge on any atom is 0.251 e. The van der Waals surface area contributed by atoms with E-state index in [-0.39, 0.29) is 17.4 Å². The van der Waals surface area contributed by atoms with Crippen LogP contribution in [0.25, 0.3) is 0 Å². The smallest absolute Gasteiger partial charge is 0.251 e. The third-order valence-electron chi connectivity index (χ3n) is 4.15. The molecule has 4 nitrogen and oxygen atoms in total. The second-order valence-corrected chi connectivity index (χ2v) is 6.90. The standard InChI is InChI=1S/C17H25NO3/c1-17(2,3)12-9-7-11(8-10-12)16(21)18-13-5-4-6-14(19)15(13)20/h7-10,13-15,19-20H,4-6H2,1-3H3,(H,18,21)/t13-,14-,15-/m1/s1. The number of rotatable bonds is 2. The van der Waals surface area contributed by atoms with Crippen molar-refractivity contribution < 1.29 is 15.0 Å². The van der Waals surface area contributed by atoms with Crippen LogP contribution in [0.15, 0.2) is 24.3 Å². The van der Waals surface area contributed by atoms with E-state index in [1.165, 1.54) is 5.56 Å². The first-order valence-corrected chi connectivity index (χ1v) is 7.56. The van der Waals surface area contributed by atoms with Gasteiger partial charge in [0, 0.05) is 5.56 Å². The van der Waals surface area contributed by atoms with Gasteiger partial charge in [0.05, 0.1) is 18.2 Å². The van der Waals surface area contributed by atoms with Gasteiger partial charge in [-0.3, -0.25) is 4.79 Å². The minimum absolute atomic E-state index is 0.0542. The van der Waals surface area contributed by atoms with Crippen molar-refractivity contribution in [1.82, 2.24) is 5.32 Å². The number of amides is 1. The minimum Gasteiger partial charge on any atom is -0.390 e. The molecule has 0 spiro atoms. The van der Waals surface area contributed by atoms with Gasteiger partial charge in [-0.1, -0.05) is 32.9 Å². The van der Waals surface area contributed by atoms with Gasteiger partial charge in [0.2, 0.25) is 0 Å². The van der Waals surface area contributed by atoms with Crippen LogP contribution in [0.2, 0.25) is 0 Å². The predicted molar refractivity (Wildman–Crippen MR) is 82.3 cm³/mol. The summed E-state index contributed by atoms with van der Waals surface area (Å²) in [5.41, 5.74) is 1.81. The fraction of sp³-hybridized carbons (Fsp3) is 0.588. The summed E-state index contributed by atoms with van der Waals surface area (Å²) < 4.78 is 0. The molecule has 1 aromatic carbocycles. The molecule has 0 aliphatic heterocycles. The largest absolute Gasteiger partial charge is 0.390 e. The Balaban J connectivity index is 2.03. The van der Waals surface area contributed by atoms with E-state index >= 15 is 0 Å². The van der Waals surface area contributed by atoms with Crippen LogP contribution in [0.5, 0.6) is 0 Å². The lowest BCUT2D eigenvalue weighted by molar-refractivity contribution is -0.0278. The molecule has 1 aliphatic carbocycles. The number of aliphatic hydroxyl groups is 2. The molecule has 2 rings (SSSR count). The molecule has 3 N–H and O–H groups in total. The summed E-state index contributed by atoms with van der Waals surface area (Å²) in [7, 11) is 0. The third kappa shape index (κ3) is 3.83. The van der Waals surface area contributed by atoms with Gasteiger partial charge < -0.3 is 15.5 Å². The molecular formula is C17H25NO3. The Morgan fingerprint density at radius 1 is 1.14 bits per heavy atom. The molecule has 116 valence electrons. The summed E-state index contributed by atoms with van der Waals surface area (Å²) >= 11 is 0. The number of nitrogens with one attached hydrogen (secondary N) is 1. The van der Waals surface area contributed by atoms with E-state index in [4.69, 9.17) is 0 Å². The molecule has 1 saturated carbocycles. The summed E-state index contributed by atoms with van der Waals surface area (Å²) in [6.07, 6.45) is 0.480. The first-order valence-electron chi connectivity index (χ1n) is 7.56. The van der Waals surface area contributed by atoms with Crippen molar-refractivity contribution in [2.75, 3.05) is 0 Å². The molecule has 0 unspecified atom stereocenters. The lowest BCUT2D eigenvalue weighted by atomic mass is 9.86.